The first-order valence-electron chi connectivity index (χ1n) is 9.56. The summed E-state index contributed by atoms with van der Waals surface area (Å²) in [6.07, 6.45) is 4.28. The van der Waals surface area contributed by atoms with E-state index >= 15 is 0 Å². The van der Waals surface area contributed by atoms with Crippen LogP contribution in [0.1, 0.15) is 40.7 Å². The second-order valence-electron chi connectivity index (χ2n) is 7.23. The summed E-state index contributed by atoms with van der Waals surface area (Å²) in [6, 6.07) is 15.3. The van der Waals surface area contributed by atoms with Crippen LogP contribution in [0.2, 0.25) is 0 Å². The first kappa shape index (κ1) is 20.4. The average Bonchev–Trinajstić information content (AvgIpc) is 2.67. The number of nitrogens with one attached hydrogen (secondary N) is 2. The van der Waals surface area contributed by atoms with Gasteiger partial charge in [0.1, 0.15) is 0 Å². The van der Waals surface area contributed by atoms with Crippen molar-refractivity contribution in [2.45, 2.75) is 32.4 Å². The zero-order chi connectivity index (χ0) is 20.0. The van der Waals surface area contributed by atoms with Crippen molar-refractivity contribution in [3.05, 3.63) is 65.2 Å². The van der Waals surface area contributed by atoms with Crippen molar-refractivity contribution >= 4 is 21.6 Å². The molecule has 3 rings (SSSR count). The van der Waals surface area contributed by atoms with Gasteiger partial charge in [0.05, 0.1) is 6.26 Å². The number of nitrogens with zero attached hydrogens (tertiary/aromatic N) is 1. The van der Waals surface area contributed by atoms with Gasteiger partial charge in [-0.25, -0.2) is 8.42 Å². The molecular formula is C21H27N3O3S. The van der Waals surface area contributed by atoms with Crippen LogP contribution < -0.4 is 10.0 Å². The van der Waals surface area contributed by atoms with Crippen molar-refractivity contribution in [2.24, 2.45) is 0 Å². The molecule has 0 spiro atoms. The van der Waals surface area contributed by atoms with Gasteiger partial charge in [0.2, 0.25) is 10.0 Å². The third-order valence-electron chi connectivity index (χ3n) is 4.69. The lowest BCUT2D eigenvalue weighted by Gasteiger charge is -2.27. The molecule has 0 unspecified atom stereocenters. The summed E-state index contributed by atoms with van der Waals surface area (Å²) in [5, 5.41) is 3.35. The lowest BCUT2D eigenvalue weighted by Crippen LogP contribution is -2.35. The second-order valence-corrected chi connectivity index (χ2v) is 8.98. The van der Waals surface area contributed by atoms with E-state index < -0.39 is 10.0 Å². The molecule has 0 bridgehead atoms. The van der Waals surface area contributed by atoms with Gasteiger partial charge in [-0.05, 0) is 48.6 Å². The van der Waals surface area contributed by atoms with E-state index in [1.165, 1.54) is 0 Å². The van der Waals surface area contributed by atoms with Crippen LogP contribution in [0.5, 0.6) is 0 Å². The number of hydrogen-bond donors (Lipinski definition) is 2. The van der Waals surface area contributed by atoms with Crippen molar-refractivity contribution in [3.63, 3.8) is 0 Å². The Hall–Kier alpha value is -2.38. The highest BCUT2D eigenvalue weighted by Crippen LogP contribution is 2.20. The maximum Gasteiger partial charge on any atom is 0.253 e. The van der Waals surface area contributed by atoms with Crippen LogP contribution in [-0.2, 0) is 23.1 Å². The Bertz CT molecular complexity index is 908. The van der Waals surface area contributed by atoms with E-state index in [9.17, 15) is 13.2 Å². The third-order valence-corrected chi connectivity index (χ3v) is 5.29. The number of likely N-dealkylation sites (tertiary alicyclic amines) is 1. The number of anilines is 1. The molecule has 1 fully saturated rings. The molecule has 1 saturated heterocycles. The Morgan fingerprint density at radius 2 is 1.64 bits per heavy atom. The van der Waals surface area contributed by atoms with Gasteiger partial charge in [-0.1, -0.05) is 30.3 Å². The molecule has 1 aliphatic rings. The van der Waals surface area contributed by atoms with Gasteiger partial charge in [0.15, 0.2) is 0 Å². The highest BCUT2D eigenvalue weighted by molar-refractivity contribution is 7.92. The van der Waals surface area contributed by atoms with Crippen LogP contribution in [0, 0.1) is 0 Å². The summed E-state index contributed by atoms with van der Waals surface area (Å²) >= 11 is 0. The first-order valence-corrected chi connectivity index (χ1v) is 11.5. The largest absolute Gasteiger partial charge is 0.339 e. The summed E-state index contributed by atoms with van der Waals surface area (Å²) in [7, 11) is -3.42. The van der Waals surface area contributed by atoms with Gasteiger partial charge in [0, 0.05) is 37.4 Å². The number of amides is 1. The zero-order valence-corrected chi connectivity index (χ0v) is 17.0. The van der Waals surface area contributed by atoms with Crippen LogP contribution >= 0.6 is 0 Å². The molecule has 1 heterocycles. The minimum absolute atomic E-state index is 0.0406. The lowest BCUT2D eigenvalue weighted by molar-refractivity contribution is 0.0724. The van der Waals surface area contributed by atoms with E-state index in [1.807, 2.05) is 41.3 Å². The highest BCUT2D eigenvalue weighted by atomic mass is 32.2. The topological polar surface area (TPSA) is 78.5 Å². The lowest BCUT2D eigenvalue weighted by atomic mass is 10.1. The predicted molar refractivity (Wildman–Crippen MR) is 112 cm³/mol. The van der Waals surface area contributed by atoms with Crippen molar-refractivity contribution in [3.8, 4) is 0 Å². The molecule has 0 aliphatic carbocycles. The summed E-state index contributed by atoms with van der Waals surface area (Å²) < 4.78 is 25.8. The summed E-state index contributed by atoms with van der Waals surface area (Å²) in [4.78, 5) is 14.7. The Kier molecular flexibility index (Phi) is 6.70. The smallest absolute Gasteiger partial charge is 0.253 e. The predicted octanol–water partition coefficient (Wildman–Crippen LogP) is 2.97. The highest BCUT2D eigenvalue weighted by Gasteiger charge is 2.19. The second kappa shape index (κ2) is 9.21. The van der Waals surface area contributed by atoms with Crippen LogP contribution in [0.25, 0.3) is 0 Å². The van der Waals surface area contributed by atoms with E-state index in [4.69, 9.17) is 0 Å². The van der Waals surface area contributed by atoms with Gasteiger partial charge in [-0.3, -0.25) is 9.52 Å². The number of piperidine rings is 1. The molecule has 2 aromatic rings. The SMILES string of the molecule is CS(=O)(=O)Nc1cc(CNCc2ccccc2)cc(C(=O)N2CCCCC2)c1. The Morgan fingerprint density at radius 1 is 0.964 bits per heavy atom. The van der Waals surface area contributed by atoms with E-state index in [2.05, 4.69) is 10.0 Å². The van der Waals surface area contributed by atoms with Gasteiger partial charge < -0.3 is 10.2 Å². The van der Waals surface area contributed by atoms with Crippen molar-refractivity contribution in [2.75, 3.05) is 24.1 Å². The Morgan fingerprint density at radius 3 is 2.32 bits per heavy atom. The molecule has 0 atom stereocenters. The van der Waals surface area contributed by atoms with Gasteiger partial charge >= 0.3 is 0 Å². The maximum atomic E-state index is 12.9. The van der Waals surface area contributed by atoms with Crippen LogP contribution in [0.3, 0.4) is 0 Å². The molecule has 0 aromatic heterocycles. The number of carbonyl (C=O) groups excluding carboxylic acids is 1. The summed E-state index contributed by atoms with van der Waals surface area (Å²) in [5.41, 5.74) is 2.97. The number of carbonyl (C=O) groups is 1. The number of rotatable bonds is 7. The molecule has 1 amide bonds. The summed E-state index contributed by atoms with van der Waals surface area (Å²) in [6.45, 7) is 2.74. The minimum Gasteiger partial charge on any atom is -0.339 e. The number of benzene rings is 2. The van der Waals surface area contributed by atoms with Crippen LogP contribution in [0.15, 0.2) is 48.5 Å². The Balaban J connectivity index is 1.77. The standard InChI is InChI=1S/C21H27N3O3S/c1-28(26,27)23-20-13-18(16-22-15-17-8-4-2-5-9-17)12-19(14-20)21(25)24-10-6-3-7-11-24/h2,4-5,8-9,12-14,22-23H,3,6-7,10-11,15-16H2,1H3. The van der Waals surface area contributed by atoms with E-state index in [-0.39, 0.29) is 5.91 Å². The van der Waals surface area contributed by atoms with Crippen LogP contribution in [-0.4, -0.2) is 38.6 Å². The minimum atomic E-state index is -3.42. The fraction of sp³-hybridized carbons (Fsp3) is 0.381. The molecule has 0 saturated carbocycles. The van der Waals surface area contributed by atoms with Crippen molar-refractivity contribution in [1.29, 1.82) is 0 Å². The van der Waals surface area contributed by atoms with E-state index in [0.29, 0.717) is 24.3 Å². The van der Waals surface area contributed by atoms with Crippen molar-refractivity contribution < 1.29 is 13.2 Å². The monoisotopic (exact) mass is 401 g/mol. The average molecular weight is 402 g/mol. The third kappa shape index (κ3) is 6.07. The quantitative estimate of drug-likeness (QED) is 0.748. The first-order chi connectivity index (χ1) is 13.4. The molecule has 0 radical (unpaired) electrons. The fourth-order valence-corrected chi connectivity index (χ4v) is 3.96. The molecular weight excluding hydrogens is 374 g/mol. The molecule has 6 nitrogen and oxygen atoms in total. The molecule has 1 aliphatic heterocycles. The van der Waals surface area contributed by atoms with Gasteiger partial charge in [0.25, 0.3) is 5.91 Å². The molecule has 2 aromatic carbocycles. The number of sulfonamides is 1. The normalized spacial score (nSPS) is 14.7. The van der Waals surface area contributed by atoms with E-state index in [0.717, 1.165) is 49.7 Å². The molecule has 28 heavy (non-hydrogen) atoms. The molecule has 2 N–H and O–H groups in total. The number of hydrogen-bond acceptors (Lipinski definition) is 4. The van der Waals surface area contributed by atoms with Crippen LogP contribution in [0.4, 0.5) is 5.69 Å². The maximum absolute atomic E-state index is 12.9. The van der Waals surface area contributed by atoms with Crippen molar-refractivity contribution in [1.82, 2.24) is 10.2 Å². The Labute approximate surface area is 167 Å². The molecule has 150 valence electrons. The van der Waals surface area contributed by atoms with E-state index in [1.54, 1.807) is 12.1 Å². The fourth-order valence-electron chi connectivity index (χ4n) is 3.42. The van der Waals surface area contributed by atoms with Gasteiger partial charge in [-0.2, -0.15) is 0 Å². The summed E-state index contributed by atoms with van der Waals surface area (Å²) in [5.74, 6) is -0.0406. The molecule has 7 heteroatoms. The zero-order valence-electron chi connectivity index (χ0n) is 16.1. The van der Waals surface area contributed by atoms with Gasteiger partial charge in [-0.15, -0.1) is 0 Å².